The Morgan fingerprint density at radius 3 is 2.06 bits per heavy atom. The van der Waals surface area contributed by atoms with Crippen molar-refractivity contribution in [1.29, 1.82) is 0 Å². The van der Waals surface area contributed by atoms with E-state index < -0.39 is 18.2 Å². The molecule has 0 aromatic carbocycles. The van der Waals surface area contributed by atoms with E-state index in [4.69, 9.17) is 0 Å². The van der Waals surface area contributed by atoms with Gasteiger partial charge >= 0.3 is 0 Å². The highest BCUT2D eigenvalue weighted by Gasteiger charge is 2.32. The maximum Gasteiger partial charge on any atom is 0.224 e. The number of amides is 2. The second kappa shape index (κ2) is 15.8. The third-order valence-electron chi connectivity index (χ3n) is 7.95. The average Bonchev–Trinajstić information content (AvgIpc) is 2.82. The highest BCUT2D eigenvalue weighted by molar-refractivity contribution is 5.80. The van der Waals surface area contributed by atoms with Crippen molar-refractivity contribution in [3.63, 3.8) is 0 Å². The van der Waals surface area contributed by atoms with Crippen LogP contribution < -0.4 is 10.6 Å². The van der Waals surface area contributed by atoms with Gasteiger partial charge in [-0.25, -0.2) is 0 Å². The summed E-state index contributed by atoms with van der Waals surface area (Å²) < 4.78 is 0. The molecule has 2 amide bonds. The van der Waals surface area contributed by atoms with Gasteiger partial charge in [-0.1, -0.05) is 85.0 Å². The summed E-state index contributed by atoms with van der Waals surface area (Å²) in [6, 6.07) is -0.460. The maximum atomic E-state index is 12.9. The number of rotatable bonds is 14. The lowest BCUT2D eigenvalue weighted by atomic mass is 9.82. The Bertz CT molecular complexity index is 585. The van der Waals surface area contributed by atoms with Crippen molar-refractivity contribution in [3.05, 3.63) is 0 Å². The van der Waals surface area contributed by atoms with Gasteiger partial charge in [-0.2, -0.15) is 0 Å². The van der Waals surface area contributed by atoms with Crippen LogP contribution >= 0.6 is 0 Å². The molecule has 0 spiro atoms. The smallest absolute Gasteiger partial charge is 0.224 e. The largest absolute Gasteiger partial charge is 0.390 e. The van der Waals surface area contributed by atoms with Gasteiger partial charge in [0.05, 0.1) is 18.1 Å². The molecule has 0 aromatic heterocycles. The van der Waals surface area contributed by atoms with Crippen LogP contribution in [0.3, 0.4) is 0 Å². The van der Waals surface area contributed by atoms with Crippen molar-refractivity contribution in [3.8, 4) is 0 Å². The van der Waals surface area contributed by atoms with E-state index in [1.807, 2.05) is 20.8 Å². The van der Waals surface area contributed by atoms with Gasteiger partial charge in [-0.15, -0.1) is 0 Å². The van der Waals surface area contributed by atoms with Crippen LogP contribution in [0, 0.1) is 23.7 Å². The fourth-order valence-corrected chi connectivity index (χ4v) is 5.76. The second-order valence-corrected chi connectivity index (χ2v) is 11.6. The Kier molecular flexibility index (Phi) is 13.5. The molecule has 198 valence electrons. The highest BCUT2D eigenvalue weighted by atomic mass is 16.3. The zero-order valence-electron chi connectivity index (χ0n) is 22.1. The van der Waals surface area contributed by atoms with E-state index >= 15 is 0 Å². The summed E-state index contributed by atoms with van der Waals surface area (Å²) in [4.78, 5) is 25.2. The topological polar surface area (TPSA) is 98.7 Å². The Labute approximate surface area is 208 Å². The van der Waals surface area contributed by atoms with E-state index in [0.29, 0.717) is 31.7 Å². The molecule has 0 radical (unpaired) electrons. The van der Waals surface area contributed by atoms with E-state index in [2.05, 4.69) is 10.6 Å². The van der Waals surface area contributed by atoms with Crippen LogP contribution in [0.5, 0.6) is 0 Å². The lowest BCUT2D eigenvalue weighted by molar-refractivity contribution is -0.127. The molecule has 2 fully saturated rings. The summed E-state index contributed by atoms with van der Waals surface area (Å²) >= 11 is 0. The van der Waals surface area contributed by atoms with Gasteiger partial charge in [0.1, 0.15) is 6.10 Å². The molecule has 34 heavy (non-hydrogen) atoms. The number of aliphatic hydroxyl groups is 2. The van der Waals surface area contributed by atoms with Crippen LogP contribution in [-0.2, 0) is 9.59 Å². The number of hydrogen-bond donors (Lipinski definition) is 4. The lowest BCUT2D eigenvalue weighted by Crippen LogP contribution is -2.52. The van der Waals surface area contributed by atoms with Gasteiger partial charge in [-0.3, -0.25) is 9.59 Å². The third kappa shape index (κ3) is 11.1. The van der Waals surface area contributed by atoms with Crippen LogP contribution in [-0.4, -0.2) is 46.8 Å². The van der Waals surface area contributed by atoms with E-state index in [9.17, 15) is 19.8 Å². The molecule has 2 aliphatic rings. The van der Waals surface area contributed by atoms with E-state index in [1.54, 1.807) is 0 Å². The van der Waals surface area contributed by atoms with Crippen molar-refractivity contribution in [2.24, 2.45) is 23.7 Å². The fourth-order valence-electron chi connectivity index (χ4n) is 5.76. The Hall–Kier alpha value is -1.14. The first-order chi connectivity index (χ1) is 16.3. The fraction of sp³-hybridized carbons (Fsp3) is 0.929. The molecular weight excluding hydrogens is 428 g/mol. The average molecular weight is 481 g/mol. The predicted molar refractivity (Wildman–Crippen MR) is 137 cm³/mol. The van der Waals surface area contributed by atoms with Crippen molar-refractivity contribution >= 4 is 11.8 Å². The van der Waals surface area contributed by atoms with Crippen molar-refractivity contribution in [1.82, 2.24) is 10.6 Å². The van der Waals surface area contributed by atoms with Crippen LogP contribution in [0.2, 0.25) is 0 Å². The zero-order valence-corrected chi connectivity index (χ0v) is 22.1. The second-order valence-electron chi connectivity index (χ2n) is 11.6. The van der Waals surface area contributed by atoms with Crippen LogP contribution in [0.4, 0.5) is 0 Å². The first-order valence-electron chi connectivity index (χ1n) is 14.2. The molecule has 2 saturated carbocycles. The lowest BCUT2D eigenvalue weighted by Gasteiger charge is -2.33. The summed E-state index contributed by atoms with van der Waals surface area (Å²) in [6.45, 7) is 6.15. The molecule has 0 saturated heterocycles. The number of aliphatic hydroxyl groups excluding tert-OH is 2. The Morgan fingerprint density at radius 2 is 1.47 bits per heavy atom. The van der Waals surface area contributed by atoms with Gasteiger partial charge in [0.25, 0.3) is 0 Å². The normalized spacial score (nSPS) is 21.6. The number of carbonyl (C=O) groups is 2. The highest BCUT2D eigenvalue weighted by Crippen LogP contribution is 2.29. The molecule has 6 heteroatoms. The number of hydrogen-bond acceptors (Lipinski definition) is 4. The molecule has 0 unspecified atom stereocenters. The first kappa shape index (κ1) is 29.1. The van der Waals surface area contributed by atoms with Crippen molar-refractivity contribution in [2.45, 2.75) is 135 Å². The molecule has 4 atom stereocenters. The molecule has 6 nitrogen and oxygen atoms in total. The quantitative estimate of drug-likeness (QED) is 0.289. The zero-order chi connectivity index (χ0) is 24.9. The van der Waals surface area contributed by atoms with Gasteiger partial charge in [0.2, 0.25) is 11.8 Å². The van der Waals surface area contributed by atoms with Crippen LogP contribution in [0.25, 0.3) is 0 Å². The van der Waals surface area contributed by atoms with E-state index in [1.165, 1.54) is 51.4 Å². The van der Waals surface area contributed by atoms with Crippen LogP contribution in [0.15, 0.2) is 0 Å². The Morgan fingerprint density at radius 1 is 0.882 bits per heavy atom. The molecular formula is C28H52N2O4. The first-order valence-corrected chi connectivity index (χ1v) is 14.2. The molecule has 4 N–H and O–H groups in total. The summed E-state index contributed by atoms with van der Waals surface area (Å²) in [6.07, 6.45) is 14.4. The van der Waals surface area contributed by atoms with Crippen molar-refractivity contribution in [2.75, 3.05) is 6.54 Å². The van der Waals surface area contributed by atoms with E-state index in [0.717, 1.165) is 31.6 Å². The van der Waals surface area contributed by atoms with Gasteiger partial charge in [-0.05, 0) is 43.4 Å². The van der Waals surface area contributed by atoms with Gasteiger partial charge in [0, 0.05) is 13.0 Å². The molecule has 2 aliphatic carbocycles. The molecule has 0 bridgehead atoms. The summed E-state index contributed by atoms with van der Waals surface area (Å²) in [5.41, 5.74) is 0. The maximum absolute atomic E-state index is 12.9. The minimum Gasteiger partial charge on any atom is -0.390 e. The summed E-state index contributed by atoms with van der Waals surface area (Å²) in [5, 5.41) is 27.4. The molecule has 0 heterocycles. The van der Waals surface area contributed by atoms with Crippen LogP contribution in [0.1, 0.15) is 117 Å². The summed E-state index contributed by atoms with van der Waals surface area (Å²) in [7, 11) is 0. The minimum atomic E-state index is -0.977. The minimum absolute atomic E-state index is 0.0154. The Balaban J connectivity index is 1.78. The standard InChI is InChI=1S/C28H52N2O4/c1-20(2)17-25(31)27(33)24(18-23-13-8-5-9-14-23)30-28(34)21(3)19-29-26(32)16-10-15-22-11-6-4-7-12-22/h20-25,27,31,33H,4-19H2,1-3H3,(H,29,32)(H,30,34)/t21-,24-,25-,27+/m0/s1. The summed E-state index contributed by atoms with van der Waals surface area (Å²) in [5.74, 6) is 0.984. The molecule has 2 rings (SSSR count). The van der Waals surface area contributed by atoms with Gasteiger partial charge < -0.3 is 20.8 Å². The SMILES string of the molecule is CC(C)C[C@H](O)[C@H](O)[C@H](CC1CCCCC1)NC(=O)[C@@H](C)CNC(=O)CCCC1CCCCC1. The number of carbonyl (C=O) groups excluding carboxylic acids is 2. The monoisotopic (exact) mass is 480 g/mol. The van der Waals surface area contributed by atoms with Gasteiger partial charge in [0.15, 0.2) is 0 Å². The predicted octanol–water partition coefficient (Wildman–Crippen LogP) is 4.71. The number of nitrogens with one attached hydrogen (secondary N) is 2. The molecule has 0 aromatic rings. The van der Waals surface area contributed by atoms with Crippen molar-refractivity contribution < 1.29 is 19.8 Å². The van der Waals surface area contributed by atoms with E-state index in [-0.39, 0.29) is 23.7 Å². The molecule has 0 aliphatic heterocycles. The third-order valence-corrected chi connectivity index (χ3v) is 7.95.